The van der Waals surface area contributed by atoms with Crippen LogP contribution in [0.4, 0.5) is 0 Å². The van der Waals surface area contributed by atoms with E-state index in [9.17, 15) is 4.79 Å². The van der Waals surface area contributed by atoms with Gasteiger partial charge in [0.1, 0.15) is 0 Å². The third kappa shape index (κ3) is 1.85. The number of aromatic carboxylic acids is 1. The van der Waals surface area contributed by atoms with Gasteiger partial charge >= 0.3 is 5.97 Å². The standard InChI is InChI=1S/C14H11N3O2/c1-9-4-2-3-5-10(9)11-8-17-7-6-15-12(14(18)19)13(17)16-11/h2-8H,1H3,(H,18,19). The van der Waals surface area contributed by atoms with Gasteiger partial charge < -0.3 is 9.51 Å². The smallest absolute Gasteiger partial charge is 0.358 e. The first kappa shape index (κ1) is 11.4. The van der Waals surface area contributed by atoms with Crippen LogP contribution < -0.4 is 0 Å². The Bertz CT molecular complexity index is 777. The van der Waals surface area contributed by atoms with Gasteiger partial charge in [0.2, 0.25) is 0 Å². The van der Waals surface area contributed by atoms with Gasteiger partial charge in [-0.1, -0.05) is 24.3 Å². The van der Waals surface area contributed by atoms with E-state index in [1.807, 2.05) is 37.4 Å². The minimum Gasteiger partial charge on any atom is -0.476 e. The van der Waals surface area contributed by atoms with E-state index in [4.69, 9.17) is 5.11 Å². The Kier molecular flexibility index (Phi) is 2.52. The van der Waals surface area contributed by atoms with Gasteiger partial charge in [0, 0.05) is 24.2 Å². The number of hydrogen-bond donors (Lipinski definition) is 1. The Labute approximate surface area is 109 Å². The quantitative estimate of drug-likeness (QED) is 0.761. The van der Waals surface area contributed by atoms with E-state index in [2.05, 4.69) is 9.97 Å². The largest absolute Gasteiger partial charge is 0.476 e. The highest BCUT2D eigenvalue weighted by Gasteiger charge is 2.14. The SMILES string of the molecule is Cc1ccccc1-c1cn2ccnc(C(=O)O)c2n1. The van der Waals surface area contributed by atoms with Crippen molar-refractivity contribution in [2.45, 2.75) is 6.92 Å². The number of fused-ring (bicyclic) bond motifs is 1. The van der Waals surface area contributed by atoms with E-state index in [1.54, 1.807) is 10.6 Å². The van der Waals surface area contributed by atoms with Crippen molar-refractivity contribution in [1.82, 2.24) is 14.4 Å². The van der Waals surface area contributed by atoms with Crippen LogP contribution in [-0.2, 0) is 0 Å². The molecule has 0 unspecified atom stereocenters. The van der Waals surface area contributed by atoms with Crippen molar-refractivity contribution in [3.05, 3.63) is 54.1 Å². The van der Waals surface area contributed by atoms with Crippen LogP contribution >= 0.6 is 0 Å². The number of hydrogen-bond acceptors (Lipinski definition) is 3. The molecule has 1 N–H and O–H groups in total. The number of carbonyl (C=O) groups is 1. The summed E-state index contributed by atoms with van der Waals surface area (Å²) in [5.74, 6) is -1.08. The molecule has 0 aliphatic rings. The predicted molar refractivity (Wildman–Crippen MR) is 70.1 cm³/mol. The van der Waals surface area contributed by atoms with Crippen LogP contribution in [-0.4, -0.2) is 25.4 Å². The molecule has 94 valence electrons. The summed E-state index contributed by atoms with van der Waals surface area (Å²) in [5, 5.41) is 9.10. The maximum absolute atomic E-state index is 11.1. The maximum atomic E-state index is 11.1. The van der Waals surface area contributed by atoms with E-state index >= 15 is 0 Å². The molecule has 3 aromatic rings. The van der Waals surface area contributed by atoms with Gasteiger partial charge in [-0.3, -0.25) is 0 Å². The van der Waals surface area contributed by atoms with Crippen LogP contribution in [0.2, 0.25) is 0 Å². The number of carboxylic acids is 1. The van der Waals surface area contributed by atoms with Crippen LogP contribution in [0.3, 0.4) is 0 Å². The Morgan fingerprint density at radius 1 is 1.32 bits per heavy atom. The Morgan fingerprint density at radius 2 is 2.11 bits per heavy atom. The van der Waals surface area contributed by atoms with Crippen LogP contribution in [0.25, 0.3) is 16.9 Å². The van der Waals surface area contributed by atoms with Crippen molar-refractivity contribution in [2.24, 2.45) is 0 Å². The fourth-order valence-corrected chi connectivity index (χ4v) is 2.06. The van der Waals surface area contributed by atoms with Crippen molar-refractivity contribution < 1.29 is 9.90 Å². The zero-order valence-electron chi connectivity index (χ0n) is 10.2. The summed E-state index contributed by atoms with van der Waals surface area (Å²) in [7, 11) is 0. The molecule has 0 spiro atoms. The normalized spacial score (nSPS) is 10.8. The molecule has 5 nitrogen and oxygen atoms in total. The molecule has 1 aromatic carbocycles. The molecule has 0 fully saturated rings. The summed E-state index contributed by atoms with van der Waals surface area (Å²) in [5.41, 5.74) is 3.14. The lowest BCUT2D eigenvalue weighted by molar-refractivity contribution is 0.0692. The highest BCUT2D eigenvalue weighted by atomic mass is 16.4. The van der Waals surface area contributed by atoms with Crippen molar-refractivity contribution in [3.8, 4) is 11.3 Å². The molecule has 0 atom stereocenters. The molecule has 2 aromatic heterocycles. The molecule has 0 bridgehead atoms. The van der Waals surface area contributed by atoms with Gasteiger partial charge in [-0.15, -0.1) is 0 Å². The van der Waals surface area contributed by atoms with Gasteiger partial charge in [-0.2, -0.15) is 0 Å². The summed E-state index contributed by atoms with van der Waals surface area (Å²) >= 11 is 0. The van der Waals surface area contributed by atoms with Gasteiger partial charge in [0.15, 0.2) is 11.3 Å². The number of carboxylic acid groups (broad SMARTS) is 1. The van der Waals surface area contributed by atoms with Gasteiger partial charge in [0.05, 0.1) is 5.69 Å². The zero-order valence-corrected chi connectivity index (χ0v) is 10.2. The number of aromatic nitrogens is 3. The Balaban J connectivity index is 2.26. The summed E-state index contributed by atoms with van der Waals surface area (Å²) in [6.45, 7) is 2.00. The van der Waals surface area contributed by atoms with Crippen LogP contribution in [0.15, 0.2) is 42.9 Å². The molecule has 0 saturated heterocycles. The number of imidazole rings is 1. The van der Waals surface area contributed by atoms with E-state index < -0.39 is 5.97 Å². The molecular formula is C14H11N3O2. The molecular weight excluding hydrogens is 242 g/mol. The zero-order chi connectivity index (χ0) is 13.4. The number of aryl methyl sites for hydroxylation is 1. The van der Waals surface area contributed by atoms with Crippen molar-refractivity contribution in [2.75, 3.05) is 0 Å². The summed E-state index contributed by atoms with van der Waals surface area (Å²) in [6.07, 6.45) is 4.96. The lowest BCUT2D eigenvalue weighted by Crippen LogP contribution is -2.03. The molecule has 0 amide bonds. The predicted octanol–water partition coefficient (Wildman–Crippen LogP) is 2.40. The topological polar surface area (TPSA) is 67.5 Å². The summed E-state index contributed by atoms with van der Waals surface area (Å²) in [6, 6.07) is 7.85. The second-order valence-electron chi connectivity index (χ2n) is 4.25. The molecule has 0 radical (unpaired) electrons. The third-order valence-corrected chi connectivity index (χ3v) is 3.00. The van der Waals surface area contributed by atoms with Crippen LogP contribution in [0.1, 0.15) is 16.1 Å². The molecule has 0 aliphatic carbocycles. The van der Waals surface area contributed by atoms with Gasteiger partial charge in [-0.25, -0.2) is 14.8 Å². The Morgan fingerprint density at radius 3 is 2.84 bits per heavy atom. The minimum absolute atomic E-state index is 0.0395. The van der Waals surface area contributed by atoms with Crippen molar-refractivity contribution in [1.29, 1.82) is 0 Å². The average molecular weight is 253 g/mol. The molecule has 19 heavy (non-hydrogen) atoms. The van der Waals surface area contributed by atoms with Crippen LogP contribution in [0.5, 0.6) is 0 Å². The minimum atomic E-state index is -1.08. The second kappa shape index (κ2) is 4.20. The second-order valence-corrected chi connectivity index (χ2v) is 4.25. The summed E-state index contributed by atoms with van der Waals surface area (Å²) < 4.78 is 1.68. The monoisotopic (exact) mass is 253 g/mol. The van der Waals surface area contributed by atoms with Gasteiger partial charge in [0.25, 0.3) is 0 Å². The first-order chi connectivity index (χ1) is 9.16. The lowest BCUT2D eigenvalue weighted by Gasteiger charge is -1.99. The summed E-state index contributed by atoms with van der Waals surface area (Å²) in [4.78, 5) is 19.3. The van der Waals surface area contributed by atoms with E-state index in [-0.39, 0.29) is 5.69 Å². The first-order valence-electron chi connectivity index (χ1n) is 5.80. The molecule has 5 heteroatoms. The van der Waals surface area contributed by atoms with E-state index in [0.717, 1.165) is 16.8 Å². The number of rotatable bonds is 2. The highest BCUT2D eigenvalue weighted by molar-refractivity contribution is 5.92. The molecule has 0 aliphatic heterocycles. The molecule has 2 heterocycles. The highest BCUT2D eigenvalue weighted by Crippen LogP contribution is 2.23. The van der Waals surface area contributed by atoms with Gasteiger partial charge in [-0.05, 0) is 12.5 Å². The van der Waals surface area contributed by atoms with Crippen molar-refractivity contribution >= 4 is 11.6 Å². The average Bonchev–Trinajstić information content (AvgIpc) is 2.82. The number of benzene rings is 1. The third-order valence-electron chi connectivity index (χ3n) is 3.00. The first-order valence-corrected chi connectivity index (χ1v) is 5.80. The van der Waals surface area contributed by atoms with E-state index in [0.29, 0.717) is 5.65 Å². The Hall–Kier alpha value is -2.69. The molecule has 0 saturated carbocycles. The van der Waals surface area contributed by atoms with E-state index in [1.165, 1.54) is 6.20 Å². The fraction of sp³-hybridized carbons (Fsp3) is 0.0714. The maximum Gasteiger partial charge on any atom is 0.358 e. The fourth-order valence-electron chi connectivity index (χ4n) is 2.06. The number of nitrogens with zero attached hydrogens (tertiary/aromatic N) is 3. The lowest BCUT2D eigenvalue weighted by atomic mass is 10.1. The van der Waals surface area contributed by atoms with Crippen LogP contribution in [0, 0.1) is 6.92 Å². The molecule has 3 rings (SSSR count). The van der Waals surface area contributed by atoms with Crippen molar-refractivity contribution in [3.63, 3.8) is 0 Å².